The van der Waals surface area contributed by atoms with Crippen molar-refractivity contribution in [3.63, 3.8) is 0 Å². The van der Waals surface area contributed by atoms with Gasteiger partial charge in [0.1, 0.15) is 11.5 Å². The van der Waals surface area contributed by atoms with E-state index in [4.69, 9.17) is 0 Å². The van der Waals surface area contributed by atoms with E-state index in [9.17, 15) is 28.4 Å². The summed E-state index contributed by atoms with van der Waals surface area (Å²) in [6.07, 6.45) is -5.56. The van der Waals surface area contributed by atoms with Gasteiger partial charge in [-0.2, -0.15) is 13.2 Å². The van der Waals surface area contributed by atoms with Crippen LogP contribution in [0.2, 0.25) is 0 Å². The van der Waals surface area contributed by atoms with E-state index in [1.807, 2.05) is 0 Å². The predicted molar refractivity (Wildman–Crippen MR) is 68.1 cm³/mol. The van der Waals surface area contributed by atoms with Crippen LogP contribution < -0.4 is 4.90 Å². The van der Waals surface area contributed by atoms with Gasteiger partial charge >= 0.3 is 6.18 Å². The van der Waals surface area contributed by atoms with Crippen molar-refractivity contribution in [3.05, 3.63) is 27.9 Å². The third-order valence-corrected chi connectivity index (χ3v) is 3.68. The maximum atomic E-state index is 12.7. The normalized spacial score (nSPS) is 18.6. The lowest BCUT2D eigenvalue weighted by Gasteiger charge is -2.39. The number of aromatic nitrogens is 1. The molecule has 1 aromatic heterocycles. The number of alkyl halides is 3. The van der Waals surface area contributed by atoms with Gasteiger partial charge in [0.2, 0.25) is 0 Å². The molecule has 0 aliphatic carbocycles. The van der Waals surface area contributed by atoms with Gasteiger partial charge in [-0.25, -0.2) is 4.98 Å². The molecule has 1 N–H and O–H groups in total. The zero-order valence-electron chi connectivity index (χ0n) is 11.2. The van der Waals surface area contributed by atoms with Crippen molar-refractivity contribution >= 4 is 11.5 Å². The van der Waals surface area contributed by atoms with E-state index < -0.39 is 29.5 Å². The van der Waals surface area contributed by atoms with E-state index in [1.165, 1.54) is 19.1 Å². The first-order valence-corrected chi connectivity index (χ1v) is 6.30. The minimum absolute atomic E-state index is 0.0136. The highest BCUT2D eigenvalue weighted by Gasteiger charge is 2.54. The topological polar surface area (TPSA) is 79.5 Å². The summed E-state index contributed by atoms with van der Waals surface area (Å²) < 4.78 is 38.1. The predicted octanol–water partition coefficient (Wildman–Crippen LogP) is 2.19. The monoisotopic (exact) mass is 305 g/mol. The van der Waals surface area contributed by atoms with Crippen molar-refractivity contribution in [3.8, 4) is 0 Å². The van der Waals surface area contributed by atoms with E-state index in [0.29, 0.717) is 5.82 Å². The molecule has 9 heteroatoms. The maximum absolute atomic E-state index is 12.7. The van der Waals surface area contributed by atoms with Gasteiger partial charge in [-0.15, -0.1) is 0 Å². The van der Waals surface area contributed by atoms with Crippen LogP contribution in [0.1, 0.15) is 18.5 Å². The molecule has 116 valence electrons. The number of piperidine rings is 1. The Morgan fingerprint density at radius 2 is 1.95 bits per heavy atom. The smallest absolute Gasteiger partial charge is 0.380 e. The largest absolute Gasteiger partial charge is 0.417 e. The molecular weight excluding hydrogens is 291 g/mol. The lowest BCUT2D eigenvalue weighted by Crippen LogP contribution is -2.53. The number of anilines is 1. The van der Waals surface area contributed by atoms with Crippen LogP contribution in [0.4, 0.5) is 24.7 Å². The van der Waals surface area contributed by atoms with E-state index in [2.05, 4.69) is 4.98 Å². The first-order valence-electron chi connectivity index (χ1n) is 6.30. The molecule has 0 amide bonds. The highest BCUT2D eigenvalue weighted by Crippen LogP contribution is 2.39. The van der Waals surface area contributed by atoms with Gasteiger partial charge in [-0.3, -0.25) is 10.1 Å². The number of hydrogen-bond acceptors (Lipinski definition) is 5. The summed E-state index contributed by atoms with van der Waals surface area (Å²) in [7, 11) is 0. The quantitative estimate of drug-likeness (QED) is 0.669. The van der Waals surface area contributed by atoms with Crippen LogP contribution in [0.15, 0.2) is 12.1 Å². The van der Waals surface area contributed by atoms with Gasteiger partial charge in [0.15, 0.2) is 5.60 Å². The van der Waals surface area contributed by atoms with Crippen LogP contribution in [0, 0.1) is 17.0 Å². The second-order valence-corrected chi connectivity index (χ2v) is 5.05. The third-order valence-electron chi connectivity index (χ3n) is 3.68. The zero-order valence-corrected chi connectivity index (χ0v) is 11.2. The summed E-state index contributed by atoms with van der Waals surface area (Å²) >= 11 is 0. The van der Waals surface area contributed by atoms with Crippen LogP contribution in [-0.4, -0.2) is 39.9 Å². The number of pyridine rings is 1. The molecule has 0 bridgehead atoms. The van der Waals surface area contributed by atoms with E-state index in [1.54, 1.807) is 4.90 Å². The first kappa shape index (κ1) is 15.5. The molecule has 1 aliphatic heterocycles. The fourth-order valence-electron chi connectivity index (χ4n) is 2.30. The minimum Gasteiger partial charge on any atom is -0.380 e. The molecule has 1 aliphatic rings. The van der Waals surface area contributed by atoms with Gasteiger partial charge in [0, 0.05) is 32.0 Å². The second kappa shape index (κ2) is 5.14. The van der Waals surface area contributed by atoms with Crippen molar-refractivity contribution in [1.29, 1.82) is 0 Å². The molecule has 6 nitrogen and oxygen atoms in total. The van der Waals surface area contributed by atoms with Gasteiger partial charge in [0.05, 0.1) is 4.92 Å². The average Bonchev–Trinajstić information content (AvgIpc) is 2.37. The van der Waals surface area contributed by atoms with Crippen LogP contribution in [0.3, 0.4) is 0 Å². The van der Waals surface area contributed by atoms with Crippen LogP contribution >= 0.6 is 0 Å². The van der Waals surface area contributed by atoms with Gasteiger partial charge in [-0.05, 0) is 13.0 Å². The standard InChI is InChI=1S/C12H14F3N3O3/c1-8-9(18(20)21)2-3-10(16-8)17-6-4-11(19,5-7-17)12(13,14)15/h2-3,19H,4-7H2,1H3. The van der Waals surface area contributed by atoms with Crippen LogP contribution in [0.25, 0.3) is 0 Å². The molecule has 21 heavy (non-hydrogen) atoms. The van der Waals surface area contributed by atoms with Crippen LogP contribution in [-0.2, 0) is 0 Å². The number of aliphatic hydroxyl groups is 1. The second-order valence-electron chi connectivity index (χ2n) is 5.05. The number of rotatable bonds is 2. The highest BCUT2D eigenvalue weighted by atomic mass is 19.4. The Bertz CT molecular complexity index is 554. The Labute approximate surface area is 118 Å². The molecule has 1 aromatic rings. The Balaban J connectivity index is 2.13. The SMILES string of the molecule is Cc1nc(N2CCC(O)(C(F)(F)F)CC2)ccc1[N+](=O)[O-]. The van der Waals surface area contributed by atoms with E-state index in [0.717, 1.165) is 0 Å². The number of hydrogen-bond donors (Lipinski definition) is 1. The summed E-state index contributed by atoms with van der Waals surface area (Å²) in [6, 6.07) is 2.69. The fourth-order valence-corrected chi connectivity index (χ4v) is 2.30. The number of aryl methyl sites for hydroxylation is 1. The average molecular weight is 305 g/mol. The maximum Gasteiger partial charge on any atom is 0.417 e. The molecule has 0 unspecified atom stereocenters. The third kappa shape index (κ3) is 2.92. The molecular formula is C12H14F3N3O3. The van der Waals surface area contributed by atoms with Gasteiger partial charge in [0.25, 0.3) is 5.69 Å². The summed E-state index contributed by atoms with van der Waals surface area (Å²) in [5.74, 6) is 0.377. The summed E-state index contributed by atoms with van der Waals surface area (Å²) in [5.41, 5.74) is -2.60. The lowest BCUT2D eigenvalue weighted by molar-refractivity contribution is -0.385. The number of nitrogens with zero attached hydrogens (tertiary/aromatic N) is 3. The Morgan fingerprint density at radius 3 is 2.38 bits per heavy atom. The van der Waals surface area contributed by atoms with Crippen LogP contribution in [0.5, 0.6) is 0 Å². The van der Waals surface area contributed by atoms with Crippen molar-refractivity contribution < 1.29 is 23.2 Å². The fraction of sp³-hybridized carbons (Fsp3) is 0.583. The molecule has 0 radical (unpaired) electrons. The number of nitro groups is 1. The van der Waals surface area contributed by atoms with Gasteiger partial charge in [-0.1, -0.05) is 0 Å². The van der Waals surface area contributed by atoms with E-state index in [-0.39, 0.29) is 24.5 Å². The van der Waals surface area contributed by atoms with Crippen molar-refractivity contribution in [2.24, 2.45) is 0 Å². The zero-order chi connectivity index (χ0) is 15.8. The Hall–Kier alpha value is -1.90. The van der Waals surface area contributed by atoms with Crippen molar-refractivity contribution in [2.45, 2.75) is 31.5 Å². The van der Waals surface area contributed by atoms with Crippen molar-refractivity contribution in [1.82, 2.24) is 4.98 Å². The van der Waals surface area contributed by atoms with Gasteiger partial charge < -0.3 is 10.0 Å². The summed E-state index contributed by atoms with van der Waals surface area (Å²) in [4.78, 5) is 15.8. The highest BCUT2D eigenvalue weighted by molar-refractivity contribution is 5.47. The Morgan fingerprint density at radius 1 is 1.38 bits per heavy atom. The molecule has 0 atom stereocenters. The molecule has 1 fully saturated rings. The molecule has 0 aromatic carbocycles. The summed E-state index contributed by atoms with van der Waals surface area (Å²) in [6.45, 7) is 1.44. The Kier molecular flexibility index (Phi) is 3.79. The lowest BCUT2D eigenvalue weighted by atomic mass is 9.91. The first-order chi connectivity index (χ1) is 9.64. The molecule has 0 saturated carbocycles. The molecule has 2 rings (SSSR count). The molecule has 2 heterocycles. The minimum atomic E-state index is -4.65. The van der Waals surface area contributed by atoms with Crippen molar-refractivity contribution in [2.75, 3.05) is 18.0 Å². The summed E-state index contributed by atoms with van der Waals surface area (Å²) in [5, 5.41) is 20.3. The number of halogens is 3. The van der Waals surface area contributed by atoms with E-state index >= 15 is 0 Å². The molecule has 1 saturated heterocycles. The molecule has 0 spiro atoms.